The molecule has 0 spiro atoms. The molecular weight excluding hydrogens is 251 g/mol. The van der Waals surface area contributed by atoms with Crippen LogP contribution >= 0.6 is 11.6 Å². The Morgan fingerprint density at radius 1 is 1.44 bits per heavy atom. The van der Waals surface area contributed by atoms with Crippen molar-refractivity contribution in [2.45, 2.75) is 38.8 Å². The maximum absolute atomic E-state index is 13.4. The monoisotopic (exact) mass is 270 g/mol. The summed E-state index contributed by atoms with van der Waals surface area (Å²) in [5.74, 6) is -0.235. The Balaban J connectivity index is 2.24. The molecule has 0 aliphatic carbocycles. The van der Waals surface area contributed by atoms with Crippen LogP contribution in [0.1, 0.15) is 25.3 Å². The van der Waals surface area contributed by atoms with E-state index in [1.165, 1.54) is 6.07 Å². The van der Waals surface area contributed by atoms with Gasteiger partial charge in [0.2, 0.25) is 0 Å². The van der Waals surface area contributed by atoms with Crippen LogP contribution in [0, 0.1) is 12.7 Å². The van der Waals surface area contributed by atoms with Gasteiger partial charge in [0.05, 0.1) is 10.7 Å². The van der Waals surface area contributed by atoms with Crippen molar-refractivity contribution < 1.29 is 4.39 Å². The van der Waals surface area contributed by atoms with Crippen molar-refractivity contribution in [2.75, 3.05) is 18.5 Å². The minimum absolute atomic E-state index is 0.235. The Morgan fingerprint density at radius 3 is 2.78 bits per heavy atom. The Morgan fingerprint density at radius 2 is 2.17 bits per heavy atom. The van der Waals surface area contributed by atoms with Crippen LogP contribution in [-0.2, 0) is 0 Å². The zero-order valence-electron chi connectivity index (χ0n) is 11.1. The predicted molar refractivity (Wildman–Crippen MR) is 75.0 cm³/mol. The second-order valence-electron chi connectivity index (χ2n) is 5.11. The number of hydrogen-bond acceptors (Lipinski definition) is 2. The van der Waals surface area contributed by atoms with Crippen LogP contribution in [0.3, 0.4) is 0 Å². The van der Waals surface area contributed by atoms with E-state index in [9.17, 15) is 4.39 Å². The van der Waals surface area contributed by atoms with E-state index in [4.69, 9.17) is 11.6 Å². The fourth-order valence-corrected chi connectivity index (χ4v) is 2.91. The van der Waals surface area contributed by atoms with Gasteiger partial charge < -0.3 is 10.2 Å². The summed E-state index contributed by atoms with van der Waals surface area (Å²) in [7, 11) is 2.00. The average molecular weight is 271 g/mol. The molecule has 1 aliphatic rings. The van der Waals surface area contributed by atoms with Gasteiger partial charge in [0.25, 0.3) is 0 Å². The van der Waals surface area contributed by atoms with E-state index in [0.717, 1.165) is 25.1 Å². The van der Waals surface area contributed by atoms with Crippen LogP contribution < -0.4 is 10.2 Å². The van der Waals surface area contributed by atoms with Gasteiger partial charge in [-0.1, -0.05) is 11.6 Å². The number of rotatable bonds is 2. The summed E-state index contributed by atoms with van der Waals surface area (Å²) < 4.78 is 13.4. The number of nitrogens with one attached hydrogen (secondary N) is 1. The molecule has 4 heteroatoms. The number of nitrogens with zero attached hydrogens (tertiary/aromatic N) is 1. The number of halogens is 2. The molecule has 1 heterocycles. The first kappa shape index (κ1) is 13.6. The number of hydrogen-bond donors (Lipinski definition) is 1. The van der Waals surface area contributed by atoms with E-state index in [0.29, 0.717) is 22.7 Å². The summed E-state index contributed by atoms with van der Waals surface area (Å²) in [5, 5.41) is 3.83. The highest BCUT2D eigenvalue weighted by molar-refractivity contribution is 6.33. The van der Waals surface area contributed by atoms with E-state index in [2.05, 4.69) is 17.1 Å². The largest absolute Gasteiger partial charge is 0.367 e. The molecule has 0 saturated carbocycles. The third-order valence-corrected chi connectivity index (χ3v) is 4.12. The lowest BCUT2D eigenvalue weighted by Gasteiger charge is -2.39. The minimum atomic E-state index is -0.235. The van der Waals surface area contributed by atoms with Gasteiger partial charge in [-0.3, -0.25) is 0 Å². The van der Waals surface area contributed by atoms with E-state index in [1.54, 1.807) is 6.92 Å². The second kappa shape index (κ2) is 5.45. The summed E-state index contributed by atoms with van der Waals surface area (Å²) in [6.45, 7) is 4.93. The number of piperidine rings is 1. The van der Waals surface area contributed by atoms with Gasteiger partial charge in [-0.2, -0.15) is 0 Å². The zero-order valence-corrected chi connectivity index (χ0v) is 11.9. The third kappa shape index (κ3) is 2.62. The van der Waals surface area contributed by atoms with Crippen LogP contribution in [0.15, 0.2) is 12.1 Å². The van der Waals surface area contributed by atoms with Crippen molar-refractivity contribution in [3.63, 3.8) is 0 Å². The SMILES string of the molecule is CNC1CCN(c2cc(C)c(F)cc2Cl)C(C)C1. The summed E-state index contributed by atoms with van der Waals surface area (Å²) in [6, 6.07) is 4.26. The van der Waals surface area contributed by atoms with Crippen molar-refractivity contribution in [3.8, 4) is 0 Å². The number of benzene rings is 1. The van der Waals surface area contributed by atoms with Crippen LogP contribution in [0.2, 0.25) is 5.02 Å². The fraction of sp³-hybridized carbons (Fsp3) is 0.571. The highest BCUT2D eigenvalue weighted by Gasteiger charge is 2.26. The minimum Gasteiger partial charge on any atom is -0.367 e. The van der Waals surface area contributed by atoms with Crippen molar-refractivity contribution in [2.24, 2.45) is 0 Å². The van der Waals surface area contributed by atoms with Crippen LogP contribution in [-0.4, -0.2) is 25.7 Å². The highest BCUT2D eigenvalue weighted by atomic mass is 35.5. The molecule has 2 atom stereocenters. The first-order valence-electron chi connectivity index (χ1n) is 6.42. The summed E-state index contributed by atoms with van der Waals surface area (Å²) in [4.78, 5) is 2.28. The molecule has 100 valence electrons. The molecule has 2 nitrogen and oxygen atoms in total. The van der Waals surface area contributed by atoms with Gasteiger partial charge in [0, 0.05) is 18.6 Å². The fourth-order valence-electron chi connectivity index (χ4n) is 2.65. The van der Waals surface area contributed by atoms with E-state index in [1.807, 2.05) is 13.1 Å². The summed E-state index contributed by atoms with van der Waals surface area (Å²) >= 11 is 6.17. The Kier molecular flexibility index (Phi) is 4.13. The standard InChI is InChI=1S/C14H20ClFN2/c1-9-6-14(12(15)8-13(9)16)18-5-4-11(17-3)7-10(18)2/h6,8,10-11,17H,4-5,7H2,1-3H3. The Labute approximate surface area is 113 Å². The Hall–Kier alpha value is -0.800. The molecule has 0 radical (unpaired) electrons. The zero-order chi connectivity index (χ0) is 13.3. The highest BCUT2D eigenvalue weighted by Crippen LogP contribution is 2.33. The lowest BCUT2D eigenvalue weighted by atomic mass is 9.97. The molecule has 2 rings (SSSR count). The van der Waals surface area contributed by atoms with E-state index in [-0.39, 0.29) is 5.82 Å². The average Bonchev–Trinajstić information content (AvgIpc) is 2.34. The molecule has 18 heavy (non-hydrogen) atoms. The number of aryl methyl sites for hydroxylation is 1. The number of anilines is 1. The predicted octanol–water partition coefficient (Wildman–Crippen LogP) is 3.36. The van der Waals surface area contributed by atoms with Gasteiger partial charge in [0.15, 0.2) is 0 Å². The van der Waals surface area contributed by atoms with Crippen LogP contribution in [0.4, 0.5) is 10.1 Å². The van der Waals surface area contributed by atoms with Crippen molar-refractivity contribution in [3.05, 3.63) is 28.5 Å². The maximum Gasteiger partial charge on any atom is 0.127 e. The van der Waals surface area contributed by atoms with Crippen LogP contribution in [0.5, 0.6) is 0 Å². The summed E-state index contributed by atoms with van der Waals surface area (Å²) in [6.07, 6.45) is 2.18. The molecule has 1 aromatic carbocycles. The first-order chi connectivity index (χ1) is 8.52. The van der Waals surface area contributed by atoms with Gasteiger partial charge in [0.1, 0.15) is 5.82 Å². The summed E-state index contributed by atoms with van der Waals surface area (Å²) in [5.41, 5.74) is 1.61. The molecule has 1 aliphatic heterocycles. The lowest BCUT2D eigenvalue weighted by molar-refractivity contribution is 0.387. The second-order valence-corrected chi connectivity index (χ2v) is 5.51. The molecule has 1 saturated heterocycles. The quantitative estimate of drug-likeness (QED) is 0.886. The molecule has 0 amide bonds. The van der Waals surface area contributed by atoms with Gasteiger partial charge >= 0.3 is 0 Å². The maximum atomic E-state index is 13.4. The molecule has 1 N–H and O–H groups in total. The molecule has 0 aromatic heterocycles. The Bertz CT molecular complexity index is 436. The molecule has 2 unspecified atom stereocenters. The van der Waals surface area contributed by atoms with E-state index < -0.39 is 0 Å². The van der Waals surface area contributed by atoms with Crippen molar-refractivity contribution in [1.82, 2.24) is 5.32 Å². The van der Waals surface area contributed by atoms with Crippen molar-refractivity contribution in [1.29, 1.82) is 0 Å². The molecule has 1 fully saturated rings. The van der Waals surface area contributed by atoms with Crippen molar-refractivity contribution >= 4 is 17.3 Å². The molecule has 1 aromatic rings. The van der Waals surface area contributed by atoms with Gasteiger partial charge in [-0.05, 0) is 51.4 Å². The topological polar surface area (TPSA) is 15.3 Å². The van der Waals surface area contributed by atoms with E-state index >= 15 is 0 Å². The smallest absolute Gasteiger partial charge is 0.127 e. The lowest BCUT2D eigenvalue weighted by Crippen LogP contribution is -2.46. The van der Waals surface area contributed by atoms with Crippen LogP contribution in [0.25, 0.3) is 0 Å². The van der Waals surface area contributed by atoms with Gasteiger partial charge in [-0.15, -0.1) is 0 Å². The normalized spacial score (nSPS) is 24.4. The third-order valence-electron chi connectivity index (χ3n) is 3.82. The van der Waals surface area contributed by atoms with Gasteiger partial charge in [-0.25, -0.2) is 4.39 Å². The first-order valence-corrected chi connectivity index (χ1v) is 6.80. The molecule has 0 bridgehead atoms. The molecular formula is C14H20ClFN2.